The van der Waals surface area contributed by atoms with E-state index in [0.29, 0.717) is 23.0 Å². The lowest BCUT2D eigenvalue weighted by Gasteiger charge is -2.13. The summed E-state index contributed by atoms with van der Waals surface area (Å²) in [4.78, 5) is 12.7. The Morgan fingerprint density at radius 3 is 2.64 bits per heavy atom. The van der Waals surface area contributed by atoms with Gasteiger partial charge in [0.15, 0.2) is 0 Å². The van der Waals surface area contributed by atoms with Crippen molar-refractivity contribution in [2.24, 2.45) is 0 Å². The molecule has 3 aromatic carbocycles. The Balaban J connectivity index is 1.96. The molecule has 142 valence electrons. The highest BCUT2D eigenvalue weighted by atomic mass is 19.1. The van der Waals surface area contributed by atoms with Crippen molar-refractivity contribution >= 4 is 27.6 Å². The fraction of sp³-hybridized carbons (Fsp3) is 0.174. The van der Waals surface area contributed by atoms with Crippen molar-refractivity contribution in [1.82, 2.24) is 4.57 Å². The maximum atomic E-state index is 13.9. The summed E-state index contributed by atoms with van der Waals surface area (Å²) in [5, 5.41) is 12.6. The third-order valence-electron chi connectivity index (χ3n) is 4.97. The number of ether oxygens (including phenoxy) is 1. The van der Waals surface area contributed by atoms with Crippen LogP contribution in [0.15, 0.2) is 60.7 Å². The summed E-state index contributed by atoms with van der Waals surface area (Å²) in [5.41, 5.74) is 2.35. The summed E-state index contributed by atoms with van der Waals surface area (Å²) < 4.78 is 20.9. The van der Waals surface area contributed by atoms with Gasteiger partial charge in [0.25, 0.3) is 0 Å². The fourth-order valence-electron chi connectivity index (χ4n) is 3.75. The maximum absolute atomic E-state index is 13.9. The lowest BCUT2D eigenvalue weighted by atomic mass is 10.0. The van der Waals surface area contributed by atoms with E-state index < -0.39 is 11.8 Å². The molecule has 1 heterocycles. The van der Waals surface area contributed by atoms with Gasteiger partial charge in [0.05, 0.1) is 13.2 Å². The first-order valence-electron chi connectivity index (χ1n) is 9.19. The van der Waals surface area contributed by atoms with Crippen LogP contribution < -0.4 is 0 Å². The molecule has 0 atom stereocenters. The lowest BCUT2D eigenvalue weighted by Crippen LogP contribution is -2.15. The highest BCUT2D eigenvalue weighted by Crippen LogP contribution is 2.30. The first-order chi connectivity index (χ1) is 13.6. The number of fused-ring (bicyclic) bond motifs is 2. The average Bonchev–Trinajstić information content (AvgIpc) is 3.01. The molecule has 0 radical (unpaired) electrons. The third-order valence-corrected chi connectivity index (χ3v) is 4.97. The van der Waals surface area contributed by atoms with Crippen LogP contribution in [0.3, 0.4) is 0 Å². The van der Waals surface area contributed by atoms with Gasteiger partial charge in [-0.15, -0.1) is 0 Å². The van der Waals surface area contributed by atoms with E-state index >= 15 is 0 Å². The van der Waals surface area contributed by atoms with E-state index in [-0.39, 0.29) is 18.9 Å². The molecular formula is C23H20FNO3. The Hall–Kier alpha value is -3.18. The van der Waals surface area contributed by atoms with Crippen molar-refractivity contribution in [3.05, 3.63) is 83.3 Å². The molecule has 4 aromatic rings. The zero-order valence-electron chi connectivity index (χ0n) is 15.5. The van der Waals surface area contributed by atoms with Gasteiger partial charge in [-0.25, -0.2) is 9.18 Å². The van der Waals surface area contributed by atoms with Gasteiger partial charge >= 0.3 is 5.97 Å². The Kier molecular flexibility index (Phi) is 4.84. The maximum Gasteiger partial charge on any atom is 0.355 e. The van der Waals surface area contributed by atoms with Crippen LogP contribution in [0, 0.1) is 5.82 Å². The van der Waals surface area contributed by atoms with Crippen molar-refractivity contribution in [3.8, 4) is 0 Å². The van der Waals surface area contributed by atoms with E-state index in [2.05, 4.69) is 0 Å². The molecule has 0 amide bonds. The molecule has 0 aliphatic heterocycles. The van der Waals surface area contributed by atoms with Gasteiger partial charge in [0, 0.05) is 23.0 Å². The van der Waals surface area contributed by atoms with Gasteiger partial charge < -0.3 is 14.4 Å². The Morgan fingerprint density at radius 2 is 1.86 bits per heavy atom. The number of rotatable bonds is 5. The number of hydrogen-bond acceptors (Lipinski definition) is 3. The van der Waals surface area contributed by atoms with Crippen molar-refractivity contribution in [3.63, 3.8) is 0 Å². The standard InChI is InChI=1S/C23H20FNO3/c1-2-28-23(27)22-20(14-26)19-12-17(24)10-11-21(19)25(22)13-16-8-5-7-15-6-3-4-9-18(15)16/h3-12,26H,2,13-14H2,1H3. The summed E-state index contributed by atoms with van der Waals surface area (Å²) in [6, 6.07) is 18.4. The zero-order valence-corrected chi connectivity index (χ0v) is 15.5. The van der Waals surface area contributed by atoms with Crippen LogP contribution in [0.5, 0.6) is 0 Å². The number of aromatic nitrogens is 1. The van der Waals surface area contributed by atoms with E-state index in [4.69, 9.17) is 4.74 Å². The molecule has 0 aliphatic rings. The van der Waals surface area contributed by atoms with Crippen LogP contribution in [0.25, 0.3) is 21.7 Å². The Morgan fingerprint density at radius 1 is 1.07 bits per heavy atom. The van der Waals surface area contributed by atoms with Crippen molar-refractivity contribution < 1.29 is 19.0 Å². The van der Waals surface area contributed by atoms with Crippen molar-refractivity contribution in [2.75, 3.05) is 6.61 Å². The molecule has 0 aliphatic carbocycles. The van der Waals surface area contributed by atoms with Crippen LogP contribution in [0.2, 0.25) is 0 Å². The molecule has 0 unspecified atom stereocenters. The SMILES string of the molecule is CCOC(=O)c1c(CO)c2cc(F)ccc2n1Cc1cccc2ccccc12. The second-order valence-corrected chi connectivity index (χ2v) is 6.59. The van der Waals surface area contributed by atoms with Gasteiger partial charge in [-0.1, -0.05) is 42.5 Å². The molecule has 4 nitrogen and oxygen atoms in total. The second kappa shape index (κ2) is 7.44. The van der Waals surface area contributed by atoms with E-state index in [0.717, 1.165) is 16.3 Å². The number of halogens is 1. The minimum absolute atomic E-state index is 0.216. The topological polar surface area (TPSA) is 51.5 Å². The zero-order chi connectivity index (χ0) is 19.7. The second-order valence-electron chi connectivity index (χ2n) is 6.59. The number of aliphatic hydroxyl groups excluding tert-OH is 1. The molecule has 5 heteroatoms. The minimum atomic E-state index is -0.525. The average molecular weight is 377 g/mol. The normalized spacial score (nSPS) is 11.2. The summed E-state index contributed by atoms with van der Waals surface area (Å²) in [6.07, 6.45) is 0. The van der Waals surface area contributed by atoms with Crippen LogP contribution in [0.4, 0.5) is 4.39 Å². The molecule has 0 fully saturated rings. The van der Waals surface area contributed by atoms with Crippen LogP contribution in [-0.4, -0.2) is 22.2 Å². The first-order valence-corrected chi connectivity index (χ1v) is 9.19. The van der Waals surface area contributed by atoms with Crippen LogP contribution in [-0.2, 0) is 17.9 Å². The molecule has 28 heavy (non-hydrogen) atoms. The number of carbonyl (C=O) groups is 1. The summed E-state index contributed by atoms with van der Waals surface area (Å²) in [5.74, 6) is -0.941. The first kappa shape index (κ1) is 18.2. The van der Waals surface area contributed by atoms with Crippen molar-refractivity contribution in [2.45, 2.75) is 20.1 Å². The number of esters is 1. The van der Waals surface area contributed by atoms with Gasteiger partial charge in [0.1, 0.15) is 11.5 Å². The molecule has 1 N–H and O–H groups in total. The molecular weight excluding hydrogens is 357 g/mol. The number of benzene rings is 3. The van der Waals surface area contributed by atoms with Gasteiger partial charge in [0.2, 0.25) is 0 Å². The summed E-state index contributed by atoms with van der Waals surface area (Å²) >= 11 is 0. The Bertz CT molecular complexity index is 1170. The number of carbonyl (C=O) groups excluding carboxylic acids is 1. The van der Waals surface area contributed by atoms with E-state index in [1.807, 2.05) is 42.5 Å². The highest BCUT2D eigenvalue weighted by molar-refractivity contribution is 5.99. The minimum Gasteiger partial charge on any atom is -0.461 e. The van der Waals surface area contributed by atoms with Crippen molar-refractivity contribution in [1.29, 1.82) is 0 Å². The van der Waals surface area contributed by atoms with Crippen LogP contribution >= 0.6 is 0 Å². The van der Waals surface area contributed by atoms with Crippen LogP contribution in [0.1, 0.15) is 28.5 Å². The van der Waals surface area contributed by atoms with Gasteiger partial charge in [-0.05, 0) is 41.5 Å². The molecule has 0 spiro atoms. The number of nitrogens with zero attached hydrogens (tertiary/aromatic N) is 1. The third kappa shape index (κ3) is 3.04. The lowest BCUT2D eigenvalue weighted by molar-refractivity contribution is 0.0511. The molecule has 4 rings (SSSR count). The monoisotopic (exact) mass is 377 g/mol. The molecule has 0 bridgehead atoms. The van der Waals surface area contributed by atoms with Gasteiger partial charge in [-0.3, -0.25) is 0 Å². The predicted molar refractivity (Wildman–Crippen MR) is 107 cm³/mol. The molecule has 1 aromatic heterocycles. The number of aliphatic hydroxyl groups is 1. The van der Waals surface area contributed by atoms with E-state index in [1.165, 1.54) is 12.1 Å². The predicted octanol–water partition coefficient (Wildman–Crippen LogP) is 4.65. The quantitative estimate of drug-likeness (QED) is 0.515. The molecule has 0 saturated carbocycles. The summed E-state index contributed by atoms with van der Waals surface area (Å²) in [7, 11) is 0. The number of hydrogen-bond donors (Lipinski definition) is 1. The van der Waals surface area contributed by atoms with Gasteiger partial charge in [-0.2, -0.15) is 0 Å². The fourth-order valence-corrected chi connectivity index (χ4v) is 3.75. The van der Waals surface area contributed by atoms with E-state index in [9.17, 15) is 14.3 Å². The smallest absolute Gasteiger partial charge is 0.355 e. The summed E-state index contributed by atoms with van der Waals surface area (Å²) in [6.45, 7) is 1.97. The Labute approximate surface area is 161 Å². The highest BCUT2D eigenvalue weighted by Gasteiger charge is 2.24. The largest absolute Gasteiger partial charge is 0.461 e. The van der Waals surface area contributed by atoms with E-state index in [1.54, 1.807) is 17.6 Å². The molecule has 0 saturated heterocycles.